The minimum atomic E-state index is -1.09. The number of nitrogens with zero attached hydrogens (tertiary/aromatic N) is 5. The largest absolute Gasteiger partial charge is 0.394 e. The van der Waals surface area contributed by atoms with Crippen molar-refractivity contribution in [2.24, 2.45) is 5.41 Å². The molecule has 2 saturated carbocycles. The van der Waals surface area contributed by atoms with Gasteiger partial charge < -0.3 is 15.3 Å². The Labute approximate surface area is 194 Å². The van der Waals surface area contributed by atoms with Gasteiger partial charge >= 0.3 is 0 Å². The number of aryl methyl sites for hydroxylation is 1. The Balaban J connectivity index is 1.20. The van der Waals surface area contributed by atoms with Crippen molar-refractivity contribution in [3.8, 4) is 0 Å². The number of aliphatic hydroxyl groups excluding tert-OH is 1. The number of halogens is 1. The predicted molar refractivity (Wildman–Crippen MR) is 123 cm³/mol. The summed E-state index contributed by atoms with van der Waals surface area (Å²) in [5.41, 5.74) is 0.845. The summed E-state index contributed by atoms with van der Waals surface area (Å²) in [4.78, 5) is 21.4. The van der Waals surface area contributed by atoms with E-state index in [9.17, 15) is 9.32 Å². The number of aliphatic hydroxyl groups is 1. The summed E-state index contributed by atoms with van der Waals surface area (Å²) in [5, 5.41) is 14.0. The van der Waals surface area contributed by atoms with Crippen molar-refractivity contribution < 1.29 is 9.32 Å². The van der Waals surface area contributed by atoms with Crippen LogP contribution >= 0.6 is 11.6 Å². The highest BCUT2D eigenvalue weighted by Gasteiger charge is 2.54. The zero-order valence-electron chi connectivity index (χ0n) is 17.9. The van der Waals surface area contributed by atoms with Crippen LogP contribution in [0.3, 0.4) is 0 Å². The smallest absolute Gasteiger partial charge is 0.227 e. The molecule has 2 N–H and O–H groups in total. The highest BCUT2D eigenvalue weighted by Crippen LogP contribution is 2.56. The molecular formula is C22H27ClN6O2S. The van der Waals surface area contributed by atoms with Crippen LogP contribution in [0.4, 0.5) is 11.8 Å². The fourth-order valence-electron chi connectivity index (χ4n) is 5.63. The molecule has 0 bridgehead atoms. The van der Waals surface area contributed by atoms with Crippen LogP contribution in [0.25, 0.3) is 0 Å². The highest BCUT2D eigenvalue weighted by molar-refractivity contribution is 7.85. The Morgan fingerprint density at radius 1 is 1.19 bits per heavy atom. The van der Waals surface area contributed by atoms with Crippen molar-refractivity contribution in [2.45, 2.75) is 61.3 Å². The number of hydrogen-bond acceptors (Lipinski definition) is 8. The summed E-state index contributed by atoms with van der Waals surface area (Å²) in [5.74, 6) is 3.30. The van der Waals surface area contributed by atoms with Crippen LogP contribution in [-0.4, -0.2) is 60.2 Å². The van der Waals surface area contributed by atoms with Gasteiger partial charge in [-0.25, -0.2) is 15.0 Å². The second-order valence-electron chi connectivity index (χ2n) is 9.94. The van der Waals surface area contributed by atoms with Gasteiger partial charge in [0.15, 0.2) is 0 Å². The number of anilines is 2. The second-order valence-corrected chi connectivity index (χ2v) is 11.9. The summed E-state index contributed by atoms with van der Waals surface area (Å²) in [7, 11) is -1.09. The highest BCUT2D eigenvalue weighted by atomic mass is 35.5. The van der Waals surface area contributed by atoms with E-state index < -0.39 is 10.8 Å². The van der Waals surface area contributed by atoms with E-state index in [1.54, 1.807) is 12.4 Å². The van der Waals surface area contributed by atoms with Crippen LogP contribution < -0.4 is 10.2 Å². The zero-order valence-corrected chi connectivity index (χ0v) is 19.5. The van der Waals surface area contributed by atoms with E-state index in [2.05, 4.69) is 20.2 Å². The molecule has 8 nitrogen and oxygen atoms in total. The number of hydrogen-bond donors (Lipinski definition) is 2. The van der Waals surface area contributed by atoms with Gasteiger partial charge in [-0.2, -0.15) is 4.98 Å². The van der Waals surface area contributed by atoms with Gasteiger partial charge in [-0.1, -0.05) is 11.6 Å². The number of aromatic nitrogens is 4. The Morgan fingerprint density at radius 2 is 1.94 bits per heavy atom. The van der Waals surface area contributed by atoms with Gasteiger partial charge in [0.2, 0.25) is 5.95 Å². The minimum Gasteiger partial charge on any atom is -0.394 e. The van der Waals surface area contributed by atoms with E-state index in [0.29, 0.717) is 22.5 Å². The molecule has 170 valence electrons. The average molecular weight is 475 g/mol. The number of rotatable bonds is 5. The lowest BCUT2D eigenvalue weighted by Crippen LogP contribution is -2.62. The first kappa shape index (κ1) is 20.7. The SMILES string of the molecule is O=S1CCCc2nc(N3CC4(CC(c5ncc(Cl)cn5)C4)C3)nc(NC3(CO)CCC3)c21. The van der Waals surface area contributed by atoms with E-state index in [-0.39, 0.29) is 17.6 Å². The monoisotopic (exact) mass is 474 g/mol. The number of fused-ring (bicyclic) bond motifs is 1. The lowest BCUT2D eigenvalue weighted by atomic mass is 9.57. The molecule has 2 aliphatic heterocycles. The molecule has 2 aromatic heterocycles. The second kappa shape index (κ2) is 7.60. The summed E-state index contributed by atoms with van der Waals surface area (Å²) >= 11 is 5.91. The normalized spacial score (nSPS) is 25.4. The van der Waals surface area contributed by atoms with Crippen LogP contribution in [0, 0.1) is 5.41 Å². The fraction of sp³-hybridized carbons (Fsp3) is 0.636. The van der Waals surface area contributed by atoms with E-state index in [4.69, 9.17) is 21.6 Å². The molecular weight excluding hydrogens is 448 g/mol. The standard InChI is InChI=1S/C22H27ClN6O2S/c23-15-9-24-18(25-10-15)14-7-21(8-14)11-29(12-21)20-26-16-3-1-6-32(31)17(16)19(27-20)28-22(13-30)4-2-5-22/h9-10,14,30H,1-8,11-13H2,(H,26,27,28). The van der Waals surface area contributed by atoms with Gasteiger partial charge in [0.25, 0.3) is 0 Å². The molecule has 1 saturated heterocycles. The molecule has 2 aliphatic carbocycles. The first-order chi connectivity index (χ1) is 15.5. The van der Waals surface area contributed by atoms with Crippen LogP contribution in [0.1, 0.15) is 56.0 Å². The maximum atomic E-state index is 12.8. The topological polar surface area (TPSA) is 104 Å². The van der Waals surface area contributed by atoms with Gasteiger partial charge in [-0.3, -0.25) is 4.21 Å². The van der Waals surface area contributed by atoms with Crippen molar-refractivity contribution in [1.29, 1.82) is 0 Å². The lowest BCUT2D eigenvalue weighted by molar-refractivity contribution is 0.0582. The molecule has 1 spiro atoms. The Kier molecular flexibility index (Phi) is 4.93. The van der Waals surface area contributed by atoms with Crippen LogP contribution in [0.2, 0.25) is 5.02 Å². The van der Waals surface area contributed by atoms with Crippen molar-refractivity contribution in [3.63, 3.8) is 0 Å². The maximum absolute atomic E-state index is 12.8. The average Bonchev–Trinajstić information content (AvgIpc) is 2.70. The molecule has 4 aliphatic rings. The van der Waals surface area contributed by atoms with Crippen molar-refractivity contribution in [1.82, 2.24) is 19.9 Å². The summed E-state index contributed by atoms with van der Waals surface area (Å²) in [6, 6.07) is 0. The molecule has 32 heavy (non-hydrogen) atoms. The summed E-state index contributed by atoms with van der Waals surface area (Å²) in [6.07, 6.45) is 10.1. The molecule has 3 fully saturated rings. The lowest BCUT2D eigenvalue weighted by Gasteiger charge is -2.58. The Morgan fingerprint density at radius 3 is 2.59 bits per heavy atom. The molecule has 0 aromatic carbocycles. The third-order valence-corrected chi connectivity index (χ3v) is 9.33. The van der Waals surface area contributed by atoms with Crippen LogP contribution in [0.15, 0.2) is 17.3 Å². The molecule has 0 amide bonds. The van der Waals surface area contributed by atoms with Crippen LogP contribution in [-0.2, 0) is 17.2 Å². The Hall–Kier alpha value is -1.84. The summed E-state index contributed by atoms with van der Waals surface area (Å²) < 4.78 is 12.8. The van der Waals surface area contributed by atoms with Crippen molar-refractivity contribution in [3.05, 3.63) is 28.9 Å². The first-order valence-electron chi connectivity index (χ1n) is 11.4. The van der Waals surface area contributed by atoms with E-state index >= 15 is 0 Å². The van der Waals surface area contributed by atoms with Crippen LogP contribution in [0.5, 0.6) is 0 Å². The third-order valence-electron chi connectivity index (χ3n) is 7.59. The molecule has 6 rings (SSSR count). The maximum Gasteiger partial charge on any atom is 0.227 e. The van der Waals surface area contributed by atoms with Gasteiger partial charge in [0.05, 0.1) is 33.7 Å². The van der Waals surface area contributed by atoms with E-state index in [1.165, 1.54) is 0 Å². The van der Waals surface area contributed by atoms with E-state index in [0.717, 1.165) is 80.4 Å². The van der Waals surface area contributed by atoms with Gasteiger partial charge in [0, 0.05) is 42.6 Å². The molecule has 2 aromatic rings. The molecule has 1 unspecified atom stereocenters. The first-order valence-corrected chi connectivity index (χ1v) is 13.1. The minimum absolute atomic E-state index is 0.0642. The molecule has 10 heteroatoms. The van der Waals surface area contributed by atoms with E-state index in [1.807, 2.05) is 0 Å². The Bertz CT molecular complexity index is 1060. The van der Waals surface area contributed by atoms with Gasteiger partial charge in [0.1, 0.15) is 16.5 Å². The van der Waals surface area contributed by atoms with Gasteiger partial charge in [-0.05, 0) is 44.9 Å². The fourth-order valence-corrected chi connectivity index (χ4v) is 7.06. The quantitative estimate of drug-likeness (QED) is 0.681. The van der Waals surface area contributed by atoms with Crippen molar-refractivity contribution >= 4 is 34.2 Å². The predicted octanol–water partition coefficient (Wildman–Crippen LogP) is 2.68. The third kappa shape index (κ3) is 3.40. The molecule has 1 atom stereocenters. The molecule has 0 radical (unpaired) electrons. The van der Waals surface area contributed by atoms with Crippen molar-refractivity contribution in [2.75, 3.05) is 35.7 Å². The molecule has 4 heterocycles. The number of nitrogens with one attached hydrogen (secondary N) is 1. The summed E-state index contributed by atoms with van der Waals surface area (Å²) in [6.45, 7) is 1.90. The zero-order chi connectivity index (χ0) is 21.9. The van der Waals surface area contributed by atoms with Gasteiger partial charge in [-0.15, -0.1) is 0 Å².